The lowest BCUT2D eigenvalue weighted by Gasteiger charge is -2.16. The molecule has 4 rings (SSSR count). The summed E-state index contributed by atoms with van der Waals surface area (Å²) in [6, 6.07) is 17.2. The van der Waals surface area contributed by atoms with E-state index in [-0.39, 0.29) is 11.3 Å². The van der Waals surface area contributed by atoms with Crippen molar-refractivity contribution in [3.05, 3.63) is 87.3 Å². The number of pyridine rings is 1. The highest BCUT2D eigenvalue weighted by molar-refractivity contribution is 7.15. The Hall–Kier alpha value is -3.25. The maximum atomic E-state index is 13.5. The van der Waals surface area contributed by atoms with E-state index in [4.69, 9.17) is 4.98 Å². The molecular formula is C23H21N3O2S. The summed E-state index contributed by atoms with van der Waals surface area (Å²) in [5.74, 6) is 0.394. The Morgan fingerprint density at radius 2 is 1.83 bits per heavy atom. The van der Waals surface area contributed by atoms with Gasteiger partial charge in [-0.3, -0.25) is 9.36 Å². The van der Waals surface area contributed by atoms with Gasteiger partial charge in [-0.15, -0.1) is 11.3 Å². The van der Waals surface area contributed by atoms with Crippen LogP contribution in [0, 0.1) is 13.8 Å². The number of aryl methyl sites for hydroxylation is 3. The largest absolute Gasteiger partial charge is 0.506 e. The third-order valence-corrected chi connectivity index (χ3v) is 5.82. The number of hydrogen-bond acceptors (Lipinski definition) is 5. The van der Waals surface area contributed by atoms with E-state index in [0.717, 1.165) is 15.3 Å². The predicted octanol–water partition coefficient (Wildman–Crippen LogP) is 4.60. The van der Waals surface area contributed by atoms with Crippen LogP contribution in [0.5, 0.6) is 5.75 Å². The molecule has 4 aromatic rings. The van der Waals surface area contributed by atoms with Gasteiger partial charge in [0.1, 0.15) is 11.4 Å². The number of aromatic nitrogens is 3. The first kappa shape index (κ1) is 19.1. The van der Waals surface area contributed by atoms with Crippen LogP contribution in [0.25, 0.3) is 22.0 Å². The molecule has 0 aliphatic carbocycles. The minimum absolute atomic E-state index is 0.00646. The minimum Gasteiger partial charge on any atom is -0.506 e. The molecule has 5 nitrogen and oxygen atoms in total. The number of hydrogen-bond donors (Lipinski definition) is 1. The summed E-state index contributed by atoms with van der Waals surface area (Å²) >= 11 is 1.58. The lowest BCUT2D eigenvalue weighted by molar-refractivity contribution is 0.473. The fourth-order valence-corrected chi connectivity index (χ4v) is 4.31. The summed E-state index contributed by atoms with van der Waals surface area (Å²) in [6.07, 6.45) is 2.27. The molecule has 0 atom stereocenters. The van der Waals surface area contributed by atoms with E-state index in [2.05, 4.69) is 4.98 Å². The zero-order valence-electron chi connectivity index (χ0n) is 16.3. The van der Waals surface area contributed by atoms with Gasteiger partial charge in [0.15, 0.2) is 5.82 Å². The van der Waals surface area contributed by atoms with E-state index >= 15 is 0 Å². The molecule has 3 heterocycles. The van der Waals surface area contributed by atoms with Crippen LogP contribution in [-0.4, -0.2) is 19.6 Å². The maximum Gasteiger partial charge on any atom is 0.262 e. The Balaban J connectivity index is 1.88. The number of aromatic hydroxyl groups is 1. The van der Waals surface area contributed by atoms with Crippen molar-refractivity contribution in [3.8, 4) is 27.7 Å². The monoisotopic (exact) mass is 403 g/mol. The Bertz CT molecular complexity index is 1210. The lowest BCUT2D eigenvalue weighted by Crippen LogP contribution is -2.27. The van der Waals surface area contributed by atoms with Gasteiger partial charge in [-0.05, 0) is 50.1 Å². The number of thiophene rings is 1. The second-order valence-corrected chi connectivity index (χ2v) is 8.16. The normalized spacial score (nSPS) is 11.0. The number of benzene rings is 1. The summed E-state index contributed by atoms with van der Waals surface area (Å²) in [5.41, 5.74) is 2.57. The molecule has 0 saturated heterocycles. The molecule has 1 aromatic carbocycles. The maximum absolute atomic E-state index is 13.5. The van der Waals surface area contributed by atoms with E-state index in [9.17, 15) is 9.90 Å². The second kappa shape index (κ2) is 8.01. The van der Waals surface area contributed by atoms with Crippen molar-refractivity contribution in [1.82, 2.24) is 14.5 Å². The van der Waals surface area contributed by atoms with E-state index < -0.39 is 0 Å². The highest BCUT2D eigenvalue weighted by Crippen LogP contribution is 2.30. The summed E-state index contributed by atoms with van der Waals surface area (Å²) < 4.78 is 1.63. The van der Waals surface area contributed by atoms with Crippen LogP contribution in [0.15, 0.2) is 65.6 Å². The molecule has 146 valence electrons. The Morgan fingerprint density at radius 3 is 2.52 bits per heavy atom. The Morgan fingerprint density at radius 1 is 1.03 bits per heavy atom. The summed E-state index contributed by atoms with van der Waals surface area (Å²) in [7, 11) is 0. The summed E-state index contributed by atoms with van der Waals surface area (Å²) in [4.78, 5) is 24.6. The van der Waals surface area contributed by atoms with Gasteiger partial charge in [-0.25, -0.2) is 9.97 Å². The SMILES string of the molecule is Cc1ccc(-c2c(C)nc(-c3ncccc3O)n(CCc3ccccc3)c2=O)s1. The molecule has 0 aliphatic rings. The molecule has 0 aliphatic heterocycles. The van der Waals surface area contributed by atoms with Crippen molar-refractivity contribution in [1.29, 1.82) is 0 Å². The van der Waals surface area contributed by atoms with E-state index in [1.54, 1.807) is 34.2 Å². The molecule has 0 unspecified atom stereocenters. The van der Waals surface area contributed by atoms with Crippen LogP contribution in [-0.2, 0) is 13.0 Å². The molecule has 0 saturated carbocycles. The zero-order chi connectivity index (χ0) is 20.4. The van der Waals surface area contributed by atoms with Crippen LogP contribution in [0.3, 0.4) is 0 Å². The molecular weight excluding hydrogens is 382 g/mol. The topological polar surface area (TPSA) is 68.0 Å². The molecule has 6 heteroatoms. The van der Waals surface area contributed by atoms with Crippen LogP contribution in [0.2, 0.25) is 0 Å². The second-order valence-electron chi connectivity index (χ2n) is 6.87. The van der Waals surface area contributed by atoms with Crippen molar-refractivity contribution in [2.24, 2.45) is 0 Å². The third kappa shape index (κ3) is 3.84. The average molecular weight is 404 g/mol. The summed E-state index contributed by atoms with van der Waals surface area (Å²) in [5, 5.41) is 10.3. The first-order chi connectivity index (χ1) is 14.0. The summed E-state index contributed by atoms with van der Waals surface area (Å²) in [6.45, 7) is 4.29. The van der Waals surface area contributed by atoms with Gasteiger partial charge in [0.25, 0.3) is 5.56 Å². The van der Waals surface area contributed by atoms with Gasteiger partial charge in [-0.1, -0.05) is 30.3 Å². The van der Waals surface area contributed by atoms with E-state index in [0.29, 0.717) is 35.7 Å². The number of nitrogens with zero attached hydrogens (tertiary/aromatic N) is 3. The Kier molecular flexibility index (Phi) is 5.27. The van der Waals surface area contributed by atoms with Crippen LogP contribution >= 0.6 is 11.3 Å². The van der Waals surface area contributed by atoms with Crippen molar-refractivity contribution in [2.75, 3.05) is 0 Å². The van der Waals surface area contributed by atoms with Gasteiger partial charge in [-0.2, -0.15) is 0 Å². The molecule has 0 radical (unpaired) electrons. The smallest absolute Gasteiger partial charge is 0.262 e. The zero-order valence-corrected chi connectivity index (χ0v) is 17.1. The fourth-order valence-electron chi connectivity index (χ4n) is 3.36. The predicted molar refractivity (Wildman–Crippen MR) is 116 cm³/mol. The lowest BCUT2D eigenvalue weighted by atomic mass is 10.1. The fraction of sp³-hybridized carbons (Fsp3) is 0.174. The molecule has 0 fully saturated rings. The van der Waals surface area contributed by atoms with Crippen LogP contribution in [0.4, 0.5) is 0 Å². The first-order valence-corrected chi connectivity index (χ1v) is 10.2. The standard InChI is InChI=1S/C23H21N3O2S/c1-15-10-11-19(29-15)20-16(2)25-22(21-18(27)9-6-13-24-21)26(23(20)28)14-12-17-7-4-3-5-8-17/h3-11,13,27H,12,14H2,1-2H3. The van der Waals surface area contributed by atoms with Gasteiger partial charge in [0.2, 0.25) is 0 Å². The molecule has 1 N–H and O–H groups in total. The van der Waals surface area contributed by atoms with Crippen molar-refractivity contribution in [3.63, 3.8) is 0 Å². The van der Waals surface area contributed by atoms with Crippen molar-refractivity contribution < 1.29 is 5.11 Å². The van der Waals surface area contributed by atoms with Gasteiger partial charge < -0.3 is 5.11 Å². The van der Waals surface area contributed by atoms with Gasteiger partial charge >= 0.3 is 0 Å². The first-order valence-electron chi connectivity index (χ1n) is 9.41. The molecule has 0 bridgehead atoms. The third-order valence-electron chi connectivity index (χ3n) is 4.80. The average Bonchev–Trinajstić information content (AvgIpc) is 3.14. The van der Waals surface area contributed by atoms with Crippen LogP contribution < -0.4 is 5.56 Å². The van der Waals surface area contributed by atoms with Gasteiger partial charge in [0, 0.05) is 22.5 Å². The van der Waals surface area contributed by atoms with Crippen molar-refractivity contribution in [2.45, 2.75) is 26.8 Å². The Labute approximate surface area is 173 Å². The quantitative estimate of drug-likeness (QED) is 0.529. The van der Waals surface area contributed by atoms with Gasteiger partial charge in [0.05, 0.1) is 11.3 Å². The highest BCUT2D eigenvalue weighted by Gasteiger charge is 2.20. The van der Waals surface area contributed by atoms with E-state index in [1.165, 1.54) is 0 Å². The molecule has 29 heavy (non-hydrogen) atoms. The highest BCUT2D eigenvalue weighted by atomic mass is 32.1. The molecule has 0 spiro atoms. The number of rotatable bonds is 5. The minimum atomic E-state index is -0.115. The van der Waals surface area contributed by atoms with E-state index in [1.807, 2.05) is 56.3 Å². The van der Waals surface area contributed by atoms with Crippen molar-refractivity contribution >= 4 is 11.3 Å². The molecule has 0 amide bonds. The van der Waals surface area contributed by atoms with Crippen LogP contribution in [0.1, 0.15) is 16.1 Å². The molecule has 3 aromatic heterocycles.